The van der Waals surface area contributed by atoms with Crippen molar-refractivity contribution in [3.63, 3.8) is 0 Å². The molecular formula is C19H22N6O3S. The highest BCUT2D eigenvalue weighted by Crippen LogP contribution is 2.28. The summed E-state index contributed by atoms with van der Waals surface area (Å²) in [4.78, 5) is 37.6. The first-order valence-electron chi connectivity index (χ1n) is 9.55. The lowest BCUT2D eigenvalue weighted by Gasteiger charge is -2.22. The first-order valence-corrected chi connectivity index (χ1v) is 10.5. The van der Waals surface area contributed by atoms with Crippen molar-refractivity contribution in [3.05, 3.63) is 41.7 Å². The van der Waals surface area contributed by atoms with E-state index in [0.29, 0.717) is 10.7 Å². The number of urea groups is 1. The van der Waals surface area contributed by atoms with Gasteiger partial charge < -0.3 is 9.88 Å². The number of thioether (sulfide) groups is 1. The van der Waals surface area contributed by atoms with Crippen LogP contribution in [0, 0.1) is 0 Å². The van der Waals surface area contributed by atoms with Gasteiger partial charge in [-0.25, -0.2) is 4.79 Å². The van der Waals surface area contributed by atoms with E-state index in [2.05, 4.69) is 20.9 Å². The number of benzene rings is 1. The van der Waals surface area contributed by atoms with Crippen LogP contribution < -0.4 is 10.7 Å². The first kappa shape index (κ1) is 19.4. The van der Waals surface area contributed by atoms with E-state index in [1.165, 1.54) is 11.8 Å². The fourth-order valence-electron chi connectivity index (χ4n) is 3.56. The largest absolute Gasteiger partial charge is 0.344 e. The van der Waals surface area contributed by atoms with Gasteiger partial charge in [-0.15, -0.1) is 10.2 Å². The normalized spacial score (nSPS) is 21.5. The smallest absolute Gasteiger partial charge is 0.318 e. The van der Waals surface area contributed by atoms with Crippen LogP contribution in [-0.4, -0.2) is 43.4 Å². The number of nitrogens with zero attached hydrogens (tertiary/aromatic N) is 4. The number of hydrogen-bond acceptors (Lipinski definition) is 6. The highest BCUT2D eigenvalue weighted by Gasteiger charge is 2.49. The van der Waals surface area contributed by atoms with Crippen LogP contribution in [0.15, 0.2) is 35.5 Å². The van der Waals surface area contributed by atoms with Gasteiger partial charge in [0.05, 0.1) is 5.75 Å². The zero-order valence-corrected chi connectivity index (χ0v) is 16.9. The number of carbonyl (C=O) groups excluding carboxylic acids is 3. The van der Waals surface area contributed by atoms with E-state index in [1.807, 2.05) is 10.6 Å². The third kappa shape index (κ3) is 3.71. The predicted octanol–water partition coefficient (Wildman–Crippen LogP) is 1.59. The Balaban J connectivity index is 1.39. The van der Waals surface area contributed by atoms with Crippen molar-refractivity contribution in [3.8, 4) is 0 Å². The van der Waals surface area contributed by atoms with E-state index >= 15 is 0 Å². The zero-order valence-electron chi connectivity index (χ0n) is 16.1. The van der Waals surface area contributed by atoms with Gasteiger partial charge >= 0.3 is 6.03 Å². The molecule has 1 saturated heterocycles. The minimum absolute atomic E-state index is 0.0250. The minimum Gasteiger partial charge on any atom is -0.318 e. The van der Waals surface area contributed by atoms with Gasteiger partial charge in [0.15, 0.2) is 5.16 Å². The SMILES string of the molecule is CC1(c2ccccc2)NC(=O)N(NC(=O)CSc2nnc3n2CCCCC3)C1=O. The Kier molecular flexibility index (Phi) is 5.27. The van der Waals surface area contributed by atoms with Crippen LogP contribution in [0.25, 0.3) is 0 Å². The molecule has 3 heterocycles. The number of aromatic nitrogens is 3. The summed E-state index contributed by atoms with van der Waals surface area (Å²) in [5.74, 6) is -0.0136. The Morgan fingerprint density at radius 1 is 1.21 bits per heavy atom. The molecule has 2 aromatic rings. The molecule has 1 aromatic heterocycles. The number of hydrazine groups is 1. The molecule has 0 saturated carbocycles. The number of amides is 4. The van der Waals surface area contributed by atoms with Crippen molar-refractivity contribution in [1.29, 1.82) is 0 Å². The number of aryl methyl sites for hydroxylation is 1. The topological polar surface area (TPSA) is 109 Å². The second kappa shape index (κ2) is 7.86. The molecule has 10 heteroatoms. The molecule has 0 aliphatic carbocycles. The summed E-state index contributed by atoms with van der Waals surface area (Å²) < 4.78 is 2.05. The van der Waals surface area contributed by atoms with E-state index in [0.717, 1.165) is 43.1 Å². The van der Waals surface area contributed by atoms with Crippen molar-refractivity contribution in [2.45, 2.75) is 49.8 Å². The molecule has 9 nitrogen and oxygen atoms in total. The number of hydrogen-bond donors (Lipinski definition) is 2. The lowest BCUT2D eigenvalue weighted by molar-refractivity contribution is -0.138. The average molecular weight is 414 g/mol. The molecule has 1 aromatic carbocycles. The molecular weight excluding hydrogens is 392 g/mol. The fraction of sp³-hybridized carbons (Fsp3) is 0.421. The third-order valence-electron chi connectivity index (χ3n) is 5.19. The minimum atomic E-state index is -1.22. The second-order valence-corrected chi connectivity index (χ2v) is 8.19. The standard InChI is InChI=1S/C19H22N6O3S/c1-19(13-8-4-2-5-9-13)16(27)25(17(28)20-19)23-15(26)12-29-18-22-21-14-10-6-3-7-11-24(14)18/h2,4-5,8-9H,3,6-7,10-12H2,1H3,(H,20,28)(H,23,26). The summed E-state index contributed by atoms with van der Waals surface area (Å²) in [6.45, 7) is 2.46. The number of nitrogens with one attached hydrogen (secondary N) is 2. The zero-order chi connectivity index (χ0) is 20.4. The van der Waals surface area contributed by atoms with Gasteiger partial charge in [-0.3, -0.25) is 15.0 Å². The number of imide groups is 1. The van der Waals surface area contributed by atoms with Crippen LogP contribution in [0.3, 0.4) is 0 Å². The summed E-state index contributed by atoms with van der Waals surface area (Å²) >= 11 is 1.25. The van der Waals surface area contributed by atoms with Gasteiger partial charge in [-0.2, -0.15) is 5.01 Å². The first-order chi connectivity index (χ1) is 14.0. The quantitative estimate of drug-likeness (QED) is 0.568. The molecule has 1 fully saturated rings. The second-order valence-electron chi connectivity index (χ2n) is 7.25. The number of carbonyl (C=O) groups is 3. The molecule has 1 atom stereocenters. The Bertz CT molecular complexity index is 947. The summed E-state index contributed by atoms with van der Waals surface area (Å²) in [5.41, 5.74) is 1.84. The molecule has 0 spiro atoms. The molecule has 152 valence electrons. The van der Waals surface area contributed by atoms with Gasteiger partial charge in [-0.1, -0.05) is 48.5 Å². The van der Waals surface area contributed by atoms with E-state index in [4.69, 9.17) is 0 Å². The Hall–Kier alpha value is -2.88. The van der Waals surface area contributed by atoms with Crippen LogP contribution in [-0.2, 0) is 28.1 Å². The van der Waals surface area contributed by atoms with Gasteiger partial charge in [0.25, 0.3) is 5.91 Å². The Morgan fingerprint density at radius 3 is 2.79 bits per heavy atom. The number of rotatable bonds is 5. The maximum Gasteiger partial charge on any atom is 0.344 e. The predicted molar refractivity (Wildman–Crippen MR) is 106 cm³/mol. The van der Waals surface area contributed by atoms with E-state index in [9.17, 15) is 14.4 Å². The summed E-state index contributed by atoms with van der Waals surface area (Å²) in [7, 11) is 0. The van der Waals surface area contributed by atoms with Crippen LogP contribution >= 0.6 is 11.8 Å². The monoisotopic (exact) mass is 414 g/mol. The third-order valence-corrected chi connectivity index (χ3v) is 6.15. The van der Waals surface area contributed by atoms with E-state index in [1.54, 1.807) is 31.2 Å². The van der Waals surface area contributed by atoms with Gasteiger partial charge in [0, 0.05) is 13.0 Å². The molecule has 1 unspecified atom stereocenters. The molecule has 29 heavy (non-hydrogen) atoms. The van der Waals surface area contributed by atoms with E-state index < -0.39 is 23.4 Å². The molecule has 0 bridgehead atoms. The molecule has 2 aliphatic rings. The molecule has 4 rings (SSSR count). The van der Waals surface area contributed by atoms with Crippen LogP contribution in [0.4, 0.5) is 4.79 Å². The van der Waals surface area contributed by atoms with Gasteiger partial charge in [0.1, 0.15) is 11.4 Å². The summed E-state index contributed by atoms with van der Waals surface area (Å²) in [5, 5.41) is 12.5. The van der Waals surface area contributed by atoms with Crippen LogP contribution in [0.1, 0.15) is 37.6 Å². The highest BCUT2D eigenvalue weighted by atomic mass is 32.2. The van der Waals surface area contributed by atoms with Crippen molar-refractivity contribution >= 4 is 29.6 Å². The molecule has 2 aliphatic heterocycles. The Labute approximate surface area is 172 Å². The maximum atomic E-state index is 12.8. The molecule has 2 N–H and O–H groups in total. The summed E-state index contributed by atoms with van der Waals surface area (Å²) in [6.07, 6.45) is 4.20. The fourth-order valence-corrected chi connectivity index (χ4v) is 4.34. The van der Waals surface area contributed by atoms with Crippen molar-refractivity contribution < 1.29 is 14.4 Å². The number of fused-ring (bicyclic) bond motifs is 1. The summed E-state index contributed by atoms with van der Waals surface area (Å²) in [6, 6.07) is 8.28. The van der Waals surface area contributed by atoms with Crippen molar-refractivity contribution in [2.75, 3.05) is 5.75 Å². The van der Waals surface area contributed by atoms with Crippen LogP contribution in [0.5, 0.6) is 0 Å². The van der Waals surface area contributed by atoms with Crippen LogP contribution in [0.2, 0.25) is 0 Å². The molecule has 4 amide bonds. The molecule has 0 radical (unpaired) electrons. The van der Waals surface area contributed by atoms with Gasteiger partial charge in [-0.05, 0) is 25.3 Å². The maximum absolute atomic E-state index is 12.8. The Morgan fingerprint density at radius 2 is 2.00 bits per heavy atom. The lowest BCUT2D eigenvalue weighted by atomic mass is 9.92. The average Bonchev–Trinajstić information content (AvgIpc) is 3.08. The van der Waals surface area contributed by atoms with E-state index in [-0.39, 0.29) is 5.75 Å². The van der Waals surface area contributed by atoms with Crippen molar-refractivity contribution in [2.24, 2.45) is 0 Å². The van der Waals surface area contributed by atoms with Gasteiger partial charge in [0.2, 0.25) is 5.91 Å². The van der Waals surface area contributed by atoms with Crippen molar-refractivity contribution in [1.82, 2.24) is 30.5 Å². The lowest BCUT2D eigenvalue weighted by Crippen LogP contribution is -2.48. The highest BCUT2D eigenvalue weighted by molar-refractivity contribution is 7.99.